The van der Waals surface area contributed by atoms with Crippen LogP contribution in [0.25, 0.3) is 22.2 Å². The fourth-order valence-corrected chi connectivity index (χ4v) is 2.48. The lowest BCUT2D eigenvalue weighted by Crippen LogP contribution is -2.03. The zero-order valence-corrected chi connectivity index (χ0v) is 10.5. The molecule has 2 aromatic carbocycles. The minimum atomic E-state index is -0.218. The Morgan fingerprint density at radius 3 is 2.58 bits per heavy atom. The summed E-state index contributed by atoms with van der Waals surface area (Å²) >= 11 is 0. The maximum Gasteiger partial charge on any atom is 0.123 e. The Hall–Kier alpha value is -2.13. The molecule has 0 aliphatic rings. The number of aromatic amines is 1. The standard InChI is InChI=1S/C16H15FN2/c17-12-6-7-15-14(10-12)13(8-9-18)16(19-15)11-4-2-1-3-5-11/h1-7,10,19H,8-9,18H2. The number of halogens is 1. The van der Waals surface area contributed by atoms with Crippen LogP contribution in [0.5, 0.6) is 0 Å². The van der Waals surface area contributed by atoms with Gasteiger partial charge in [0.05, 0.1) is 0 Å². The molecule has 0 bridgehead atoms. The van der Waals surface area contributed by atoms with Crippen LogP contribution in [0.1, 0.15) is 5.56 Å². The third kappa shape index (κ3) is 2.13. The van der Waals surface area contributed by atoms with Gasteiger partial charge in [0.15, 0.2) is 0 Å². The number of benzene rings is 2. The van der Waals surface area contributed by atoms with Gasteiger partial charge >= 0.3 is 0 Å². The smallest absolute Gasteiger partial charge is 0.123 e. The molecule has 0 unspecified atom stereocenters. The van der Waals surface area contributed by atoms with Gasteiger partial charge < -0.3 is 10.7 Å². The molecule has 3 N–H and O–H groups in total. The Morgan fingerprint density at radius 1 is 1.05 bits per heavy atom. The van der Waals surface area contributed by atoms with E-state index >= 15 is 0 Å². The van der Waals surface area contributed by atoms with Crippen molar-refractivity contribution < 1.29 is 4.39 Å². The van der Waals surface area contributed by atoms with Crippen molar-refractivity contribution in [3.63, 3.8) is 0 Å². The molecular formula is C16H15FN2. The third-order valence-electron chi connectivity index (χ3n) is 3.32. The molecule has 3 rings (SSSR count). The Kier molecular flexibility index (Phi) is 3.05. The highest BCUT2D eigenvalue weighted by Gasteiger charge is 2.12. The Balaban J connectivity index is 2.26. The highest BCUT2D eigenvalue weighted by molar-refractivity contribution is 5.90. The number of nitrogens with two attached hydrogens (primary N) is 1. The van der Waals surface area contributed by atoms with Gasteiger partial charge in [0, 0.05) is 16.6 Å². The molecule has 3 aromatic rings. The molecule has 96 valence electrons. The zero-order valence-electron chi connectivity index (χ0n) is 10.5. The number of hydrogen-bond donors (Lipinski definition) is 2. The van der Waals surface area contributed by atoms with Crippen LogP contribution in [-0.2, 0) is 6.42 Å². The molecule has 1 aromatic heterocycles. The summed E-state index contributed by atoms with van der Waals surface area (Å²) in [6.07, 6.45) is 0.730. The third-order valence-corrected chi connectivity index (χ3v) is 3.32. The second-order valence-corrected chi connectivity index (χ2v) is 4.57. The second kappa shape index (κ2) is 4.86. The van der Waals surface area contributed by atoms with E-state index in [1.54, 1.807) is 12.1 Å². The van der Waals surface area contributed by atoms with E-state index < -0.39 is 0 Å². The summed E-state index contributed by atoms with van der Waals surface area (Å²) in [5.41, 5.74) is 9.86. The van der Waals surface area contributed by atoms with Gasteiger partial charge in [-0.15, -0.1) is 0 Å². The van der Waals surface area contributed by atoms with Crippen molar-refractivity contribution in [2.75, 3.05) is 6.54 Å². The summed E-state index contributed by atoms with van der Waals surface area (Å²) in [4.78, 5) is 3.37. The molecule has 0 amide bonds. The molecule has 0 aliphatic heterocycles. The number of H-pyrrole nitrogens is 1. The molecule has 2 nitrogen and oxygen atoms in total. The summed E-state index contributed by atoms with van der Waals surface area (Å²) in [7, 11) is 0. The minimum Gasteiger partial charge on any atom is -0.354 e. The van der Waals surface area contributed by atoms with Crippen molar-refractivity contribution >= 4 is 10.9 Å². The van der Waals surface area contributed by atoms with E-state index in [4.69, 9.17) is 5.73 Å². The highest BCUT2D eigenvalue weighted by Crippen LogP contribution is 2.30. The van der Waals surface area contributed by atoms with Crippen LogP contribution in [0.4, 0.5) is 4.39 Å². The van der Waals surface area contributed by atoms with Gasteiger partial charge in [-0.1, -0.05) is 30.3 Å². The van der Waals surface area contributed by atoms with Crippen molar-refractivity contribution in [3.05, 3.63) is 59.9 Å². The molecule has 0 saturated carbocycles. The van der Waals surface area contributed by atoms with Crippen LogP contribution in [-0.4, -0.2) is 11.5 Å². The van der Waals surface area contributed by atoms with Crippen LogP contribution in [0.15, 0.2) is 48.5 Å². The van der Waals surface area contributed by atoms with Gasteiger partial charge in [-0.3, -0.25) is 0 Å². The summed E-state index contributed by atoms with van der Waals surface area (Å²) < 4.78 is 13.4. The molecule has 3 heteroatoms. The van der Waals surface area contributed by atoms with Crippen LogP contribution >= 0.6 is 0 Å². The molecule has 0 saturated heterocycles. The Morgan fingerprint density at radius 2 is 1.84 bits per heavy atom. The predicted octanol–water partition coefficient (Wildman–Crippen LogP) is 3.48. The number of nitrogens with one attached hydrogen (secondary N) is 1. The average molecular weight is 254 g/mol. The van der Waals surface area contributed by atoms with Crippen LogP contribution < -0.4 is 5.73 Å². The first-order valence-corrected chi connectivity index (χ1v) is 6.35. The monoisotopic (exact) mass is 254 g/mol. The van der Waals surface area contributed by atoms with Crippen molar-refractivity contribution in [1.82, 2.24) is 4.98 Å². The lowest BCUT2D eigenvalue weighted by atomic mass is 10.0. The van der Waals surface area contributed by atoms with Gasteiger partial charge in [0.1, 0.15) is 5.82 Å². The van der Waals surface area contributed by atoms with E-state index in [2.05, 4.69) is 4.98 Å². The number of hydrogen-bond acceptors (Lipinski definition) is 1. The van der Waals surface area contributed by atoms with E-state index in [0.717, 1.165) is 34.1 Å². The maximum absolute atomic E-state index is 13.4. The summed E-state index contributed by atoms with van der Waals surface area (Å²) in [5, 5.41) is 0.921. The molecule has 0 fully saturated rings. The first kappa shape index (κ1) is 11.9. The summed E-state index contributed by atoms with van der Waals surface area (Å²) in [5.74, 6) is -0.218. The van der Waals surface area contributed by atoms with Crippen molar-refractivity contribution in [2.24, 2.45) is 5.73 Å². The summed E-state index contributed by atoms with van der Waals surface area (Å²) in [6.45, 7) is 0.545. The lowest BCUT2D eigenvalue weighted by molar-refractivity contribution is 0.629. The van der Waals surface area contributed by atoms with Gasteiger partial charge in [-0.25, -0.2) is 4.39 Å². The van der Waals surface area contributed by atoms with Gasteiger partial charge in [0.2, 0.25) is 0 Å². The van der Waals surface area contributed by atoms with Gasteiger partial charge in [-0.05, 0) is 42.3 Å². The number of fused-ring (bicyclic) bond motifs is 1. The van der Waals surface area contributed by atoms with E-state index in [1.165, 1.54) is 6.07 Å². The lowest BCUT2D eigenvalue weighted by Gasteiger charge is -2.03. The topological polar surface area (TPSA) is 41.8 Å². The van der Waals surface area contributed by atoms with Gasteiger partial charge in [0.25, 0.3) is 0 Å². The van der Waals surface area contributed by atoms with Crippen LogP contribution in [0, 0.1) is 5.82 Å². The van der Waals surface area contributed by atoms with Crippen LogP contribution in [0.3, 0.4) is 0 Å². The Bertz CT molecular complexity index is 701. The minimum absolute atomic E-state index is 0.218. The zero-order chi connectivity index (χ0) is 13.2. The first-order chi connectivity index (χ1) is 9.29. The quantitative estimate of drug-likeness (QED) is 0.738. The van der Waals surface area contributed by atoms with Crippen molar-refractivity contribution in [2.45, 2.75) is 6.42 Å². The van der Waals surface area contributed by atoms with Crippen LogP contribution in [0.2, 0.25) is 0 Å². The Labute approximate surface area is 111 Å². The van der Waals surface area contributed by atoms with Crippen molar-refractivity contribution in [3.8, 4) is 11.3 Å². The van der Waals surface area contributed by atoms with E-state index in [-0.39, 0.29) is 5.82 Å². The molecule has 0 aliphatic carbocycles. The second-order valence-electron chi connectivity index (χ2n) is 4.57. The fraction of sp³-hybridized carbons (Fsp3) is 0.125. The van der Waals surface area contributed by atoms with E-state index in [1.807, 2.05) is 30.3 Å². The SMILES string of the molecule is NCCc1c(-c2ccccc2)[nH]c2ccc(F)cc12. The maximum atomic E-state index is 13.4. The fourth-order valence-electron chi connectivity index (χ4n) is 2.48. The molecule has 0 radical (unpaired) electrons. The number of rotatable bonds is 3. The highest BCUT2D eigenvalue weighted by atomic mass is 19.1. The summed E-state index contributed by atoms with van der Waals surface area (Å²) in [6, 6.07) is 14.9. The number of aromatic nitrogens is 1. The van der Waals surface area contributed by atoms with E-state index in [0.29, 0.717) is 6.54 Å². The van der Waals surface area contributed by atoms with Gasteiger partial charge in [-0.2, -0.15) is 0 Å². The molecule has 1 heterocycles. The largest absolute Gasteiger partial charge is 0.354 e. The average Bonchev–Trinajstić information content (AvgIpc) is 2.79. The van der Waals surface area contributed by atoms with E-state index in [9.17, 15) is 4.39 Å². The first-order valence-electron chi connectivity index (χ1n) is 6.35. The molecule has 0 spiro atoms. The molecule has 0 atom stereocenters. The predicted molar refractivity (Wildman–Crippen MR) is 76.5 cm³/mol. The molecular weight excluding hydrogens is 239 g/mol. The normalized spacial score (nSPS) is 11.1. The molecule has 19 heavy (non-hydrogen) atoms. The van der Waals surface area contributed by atoms with Crippen molar-refractivity contribution in [1.29, 1.82) is 0 Å².